The van der Waals surface area contributed by atoms with Gasteiger partial charge in [0.2, 0.25) is 0 Å². The first-order valence-electron chi connectivity index (χ1n) is 8.47. The van der Waals surface area contributed by atoms with E-state index in [1.807, 2.05) is 36.4 Å². The molecule has 0 spiro atoms. The lowest BCUT2D eigenvalue weighted by molar-refractivity contribution is -0.138. The van der Waals surface area contributed by atoms with Gasteiger partial charge in [-0.2, -0.15) is 0 Å². The second-order valence-corrected chi connectivity index (χ2v) is 5.86. The fourth-order valence-electron chi connectivity index (χ4n) is 2.80. The van der Waals surface area contributed by atoms with Crippen molar-refractivity contribution in [2.75, 3.05) is 44.6 Å². The number of carbonyl (C=O) groups is 1. The van der Waals surface area contributed by atoms with Crippen molar-refractivity contribution in [3.05, 3.63) is 36.4 Å². The third-order valence-electron chi connectivity index (χ3n) is 4.22. The molecule has 6 heteroatoms. The Hall–Kier alpha value is -2.18. The van der Waals surface area contributed by atoms with Gasteiger partial charge in [0, 0.05) is 31.6 Å². The van der Waals surface area contributed by atoms with Crippen molar-refractivity contribution in [1.29, 1.82) is 0 Å². The van der Waals surface area contributed by atoms with Crippen LogP contribution in [0.25, 0.3) is 10.9 Å². The lowest BCUT2D eigenvalue weighted by atomic mass is 10.2. The van der Waals surface area contributed by atoms with Gasteiger partial charge in [-0.05, 0) is 24.7 Å². The number of aromatic nitrogens is 1. The van der Waals surface area contributed by atoms with Crippen molar-refractivity contribution in [3.63, 3.8) is 0 Å². The average molecular weight is 328 g/mol. The minimum Gasteiger partial charge on any atom is -0.368 e. The first-order valence-corrected chi connectivity index (χ1v) is 8.47. The number of hydrogen-bond acceptors (Lipinski definition) is 5. The van der Waals surface area contributed by atoms with E-state index in [4.69, 9.17) is 4.74 Å². The molecule has 1 aliphatic rings. The van der Waals surface area contributed by atoms with E-state index in [1.54, 1.807) is 0 Å². The molecule has 0 aliphatic carbocycles. The molecule has 24 heavy (non-hydrogen) atoms. The minimum absolute atomic E-state index is 0.0404. The van der Waals surface area contributed by atoms with Gasteiger partial charge in [0.25, 0.3) is 5.91 Å². The molecule has 1 fully saturated rings. The highest BCUT2D eigenvalue weighted by Gasteiger charge is 2.25. The maximum atomic E-state index is 12.1. The minimum atomic E-state index is -0.363. The Bertz CT molecular complexity index is 692. The molecule has 128 valence electrons. The number of hydrogen-bond donors (Lipinski definition) is 2. The van der Waals surface area contributed by atoms with Gasteiger partial charge in [0.15, 0.2) is 0 Å². The Morgan fingerprint density at radius 2 is 2.17 bits per heavy atom. The van der Waals surface area contributed by atoms with E-state index >= 15 is 0 Å². The molecule has 2 N–H and O–H groups in total. The van der Waals surface area contributed by atoms with E-state index in [9.17, 15) is 4.79 Å². The molecular weight excluding hydrogens is 304 g/mol. The molecule has 0 saturated carbocycles. The zero-order valence-corrected chi connectivity index (χ0v) is 14.0. The quantitative estimate of drug-likeness (QED) is 0.787. The Morgan fingerprint density at radius 1 is 1.29 bits per heavy atom. The number of likely N-dealkylation sites (N-methyl/N-ethyl adjacent to an activating group) is 1. The highest BCUT2D eigenvalue weighted by molar-refractivity contribution is 5.81. The van der Waals surface area contributed by atoms with Crippen LogP contribution in [0, 0.1) is 0 Å². The Morgan fingerprint density at radius 3 is 3.04 bits per heavy atom. The molecule has 3 rings (SSSR count). The van der Waals surface area contributed by atoms with Crippen molar-refractivity contribution in [2.24, 2.45) is 0 Å². The number of nitrogens with zero attached hydrogens (tertiary/aromatic N) is 2. The largest absolute Gasteiger partial charge is 0.368 e. The summed E-state index contributed by atoms with van der Waals surface area (Å²) in [5.41, 5.74) is 0.960. The highest BCUT2D eigenvalue weighted by Crippen LogP contribution is 2.14. The van der Waals surface area contributed by atoms with Crippen molar-refractivity contribution in [3.8, 4) is 0 Å². The van der Waals surface area contributed by atoms with Gasteiger partial charge in [-0.1, -0.05) is 25.1 Å². The zero-order valence-electron chi connectivity index (χ0n) is 14.0. The number of para-hydroxylation sites is 1. The van der Waals surface area contributed by atoms with E-state index in [-0.39, 0.29) is 12.0 Å². The zero-order chi connectivity index (χ0) is 16.8. The Labute approximate surface area is 142 Å². The molecule has 0 bridgehead atoms. The van der Waals surface area contributed by atoms with Gasteiger partial charge < -0.3 is 15.4 Å². The predicted octanol–water partition coefficient (Wildman–Crippen LogP) is 1.48. The number of ether oxygens (including phenoxy) is 1. The van der Waals surface area contributed by atoms with Crippen LogP contribution in [-0.2, 0) is 9.53 Å². The summed E-state index contributed by atoms with van der Waals surface area (Å²) in [5.74, 6) is 0.774. The molecule has 1 aliphatic heterocycles. The highest BCUT2D eigenvalue weighted by atomic mass is 16.5. The normalized spacial score (nSPS) is 18.5. The predicted molar refractivity (Wildman–Crippen MR) is 95.1 cm³/mol. The number of fused-ring (bicyclic) bond motifs is 1. The maximum Gasteiger partial charge on any atom is 0.250 e. The van der Waals surface area contributed by atoms with E-state index < -0.39 is 0 Å². The van der Waals surface area contributed by atoms with Gasteiger partial charge in [-0.25, -0.2) is 4.98 Å². The molecule has 6 nitrogen and oxygen atoms in total. The summed E-state index contributed by atoms with van der Waals surface area (Å²) in [7, 11) is 0. The van der Waals surface area contributed by atoms with Gasteiger partial charge in [-0.3, -0.25) is 9.69 Å². The molecule has 0 radical (unpaired) electrons. The van der Waals surface area contributed by atoms with Crippen molar-refractivity contribution < 1.29 is 9.53 Å². The van der Waals surface area contributed by atoms with Crippen LogP contribution in [0.1, 0.15) is 6.92 Å². The standard InChI is InChI=1S/C18H24N4O2/c1-2-22-11-12-24-16(13-22)18(23)20-10-9-19-17-8-7-14-5-3-4-6-15(14)21-17/h3-8,16H,2,9-13H2,1H3,(H,19,21)(H,20,23)/t16-/m0/s1. The van der Waals surface area contributed by atoms with E-state index in [0.717, 1.165) is 29.8 Å². The molecule has 1 amide bonds. The molecule has 0 unspecified atom stereocenters. The van der Waals surface area contributed by atoms with Crippen LogP contribution in [-0.4, -0.2) is 61.2 Å². The molecule has 1 aromatic heterocycles. The van der Waals surface area contributed by atoms with Crippen molar-refractivity contribution >= 4 is 22.6 Å². The summed E-state index contributed by atoms with van der Waals surface area (Å²) in [6, 6.07) is 12.0. The van der Waals surface area contributed by atoms with E-state index in [0.29, 0.717) is 26.2 Å². The summed E-state index contributed by atoms with van der Waals surface area (Å²) >= 11 is 0. The molecular formula is C18H24N4O2. The number of rotatable bonds is 6. The second kappa shape index (κ2) is 8.08. The maximum absolute atomic E-state index is 12.1. The van der Waals surface area contributed by atoms with E-state index in [1.165, 1.54) is 0 Å². The van der Waals surface area contributed by atoms with Crippen molar-refractivity contribution in [2.45, 2.75) is 13.0 Å². The van der Waals surface area contributed by atoms with Crippen LogP contribution in [0.5, 0.6) is 0 Å². The van der Waals surface area contributed by atoms with Crippen LogP contribution in [0.3, 0.4) is 0 Å². The topological polar surface area (TPSA) is 66.5 Å². The lowest BCUT2D eigenvalue weighted by Crippen LogP contribution is -2.50. The second-order valence-electron chi connectivity index (χ2n) is 5.86. The number of carbonyl (C=O) groups excluding carboxylic acids is 1. The number of amides is 1. The SMILES string of the molecule is CCN1CCO[C@H](C(=O)NCCNc2ccc3ccccc3n2)C1. The summed E-state index contributed by atoms with van der Waals surface area (Å²) in [6.45, 7) is 6.40. The smallest absolute Gasteiger partial charge is 0.250 e. The molecule has 2 aromatic rings. The first kappa shape index (κ1) is 16.7. The number of nitrogens with one attached hydrogen (secondary N) is 2. The molecule has 1 aromatic carbocycles. The molecule has 2 heterocycles. The number of pyridine rings is 1. The molecule has 1 atom stereocenters. The fraction of sp³-hybridized carbons (Fsp3) is 0.444. The first-order chi connectivity index (χ1) is 11.8. The summed E-state index contributed by atoms with van der Waals surface area (Å²) in [5, 5.41) is 7.28. The van der Waals surface area contributed by atoms with Gasteiger partial charge in [0.1, 0.15) is 11.9 Å². The van der Waals surface area contributed by atoms with Crippen LogP contribution in [0.2, 0.25) is 0 Å². The average Bonchev–Trinajstić information content (AvgIpc) is 2.65. The van der Waals surface area contributed by atoms with Crippen molar-refractivity contribution in [1.82, 2.24) is 15.2 Å². The van der Waals surface area contributed by atoms with Crippen LogP contribution < -0.4 is 10.6 Å². The van der Waals surface area contributed by atoms with Crippen LogP contribution in [0.4, 0.5) is 5.82 Å². The van der Waals surface area contributed by atoms with E-state index in [2.05, 4.69) is 27.4 Å². The number of anilines is 1. The summed E-state index contributed by atoms with van der Waals surface area (Å²) < 4.78 is 5.55. The van der Waals surface area contributed by atoms with Crippen LogP contribution in [0.15, 0.2) is 36.4 Å². The van der Waals surface area contributed by atoms with Gasteiger partial charge >= 0.3 is 0 Å². The third-order valence-corrected chi connectivity index (χ3v) is 4.22. The fourth-order valence-corrected chi connectivity index (χ4v) is 2.80. The monoisotopic (exact) mass is 328 g/mol. The summed E-state index contributed by atoms with van der Waals surface area (Å²) in [6.07, 6.45) is -0.363. The third kappa shape index (κ3) is 4.21. The molecule has 1 saturated heterocycles. The van der Waals surface area contributed by atoms with Crippen LogP contribution >= 0.6 is 0 Å². The Kier molecular flexibility index (Phi) is 5.61. The van der Waals surface area contributed by atoms with Gasteiger partial charge in [0.05, 0.1) is 12.1 Å². The number of benzene rings is 1. The lowest BCUT2D eigenvalue weighted by Gasteiger charge is -2.31. The van der Waals surface area contributed by atoms with Gasteiger partial charge in [-0.15, -0.1) is 0 Å². The number of morpholine rings is 1. The Balaban J connectivity index is 1.43. The summed E-state index contributed by atoms with van der Waals surface area (Å²) in [4.78, 5) is 18.9.